The van der Waals surface area contributed by atoms with Crippen LogP contribution in [-0.4, -0.2) is 0 Å². The summed E-state index contributed by atoms with van der Waals surface area (Å²) >= 11 is 0. The summed E-state index contributed by atoms with van der Waals surface area (Å²) in [5.74, 6) is 0. The summed E-state index contributed by atoms with van der Waals surface area (Å²) in [7, 11) is 0. The molecule has 1 rings (SSSR count). The predicted octanol–water partition coefficient (Wildman–Crippen LogP) is 7.04. The van der Waals surface area contributed by atoms with Crippen LogP contribution in [0.15, 0.2) is 45.6 Å². The first kappa shape index (κ1) is 69.8. The van der Waals surface area contributed by atoms with Gasteiger partial charge in [-0.15, -0.1) is 0 Å². The van der Waals surface area contributed by atoms with E-state index in [1.165, 1.54) is 24.0 Å². The van der Waals surface area contributed by atoms with Crippen LogP contribution in [0.2, 0.25) is 0 Å². The van der Waals surface area contributed by atoms with Crippen LogP contribution in [0, 0.1) is 54.8 Å². The molecule has 0 fully saturated rings. The topological polar surface area (TPSA) is 119 Å². The number of rotatable bonds is 1. The van der Waals surface area contributed by atoms with Crippen molar-refractivity contribution in [3.8, 4) is 0 Å². The summed E-state index contributed by atoms with van der Waals surface area (Å²) in [4.78, 5) is 0. The van der Waals surface area contributed by atoms with Crippen LogP contribution in [0.5, 0.6) is 0 Å². The van der Waals surface area contributed by atoms with E-state index in [9.17, 15) is 0 Å². The Labute approximate surface area is 230 Å². The molecule has 1 aliphatic carbocycles. The Morgan fingerprint density at radius 3 is 0.706 bits per heavy atom. The predicted molar refractivity (Wildman–Crippen MR) is 121 cm³/mol. The van der Waals surface area contributed by atoms with Gasteiger partial charge in [-0.2, -0.15) is 0 Å². The third-order valence-corrected chi connectivity index (χ3v) is 4.01. The Morgan fingerprint density at radius 1 is 0.500 bits per heavy atom. The van der Waals surface area contributed by atoms with Crippen LogP contribution >= 0.6 is 0 Å². The SMILES string of the molecule is C/C=C(C)/C(C)=C/C.CC1=C(C)CC(C)=C(C)C1.[C-]#[O+].[C-]#[O+].[C-]#[O+].[C-]#[O+].[C-]#[O+].[C-]#[O+].[CH3-].[CH3-].[Fe].[Fe]. The van der Waals surface area contributed by atoms with Gasteiger partial charge in [-0.25, -0.2) is 0 Å². The molecular weight excluding hydrogens is 520 g/mol. The van der Waals surface area contributed by atoms with Gasteiger partial charge in [0.15, 0.2) is 0 Å². The van der Waals surface area contributed by atoms with Gasteiger partial charge in [-0.05, 0) is 68.2 Å². The van der Waals surface area contributed by atoms with Crippen molar-refractivity contribution in [1.29, 1.82) is 0 Å². The number of hydrogen-bond acceptors (Lipinski definition) is 0. The van der Waals surface area contributed by atoms with Crippen LogP contribution in [0.25, 0.3) is 0 Å². The van der Waals surface area contributed by atoms with E-state index in [0.29, 0.717) is 0 Å². The third-order valence-electron chi connectivity index (χ3n) is 4.01. The summed E-state index contributed by atoms with van der Waals surface area (Å²) in [6.07, 6.45) is 6.65. The Balaban J connectivity index is -0.0000000223. The minimum absolute atomic E-state index is 0. The van der Waals surface area contributed by atoms with E-state index >= 15 is 0 Å². The van der Waals surface area contributed by atoms with E-state index in [4.69, 9.17) is 27.9 Å². The van der Waals surface area contributed by atoms with Crippen molar-refractivity contribution in [3.63, 3.8) is 0 Å². The molecule has 0 aromatic rings. The zero-order valence-corrected chi connectivity index (χ0v) is 23.9. The Morgan fingerprint density at radius 2 is 0.618 bits per heavy atom. The Bertz CT molecular complexity index is 550. The van der Waals surface area contributed by atoms with Gasteiger partial charge < -0.3 is 14.9 Å². The molecule has 0 aliphatic heterocycles. The largest absolute Gasteiger partial charge is 0.358 e. The first-order chi connectivity index (χ1) is 14.3. The zero-order chi connectivity index (χ0) is 26.3. The number of allylic oxidation sites excluding steroid dienone is 8. The van der Waals surface area contributed by atoms with Crippen molar-refractivity contribution in [2.24, 2.45) is 0 Å². The summed E-state index contributed by atoms with van der Waals surface area (Å²) < 4.78 is 45.0. The van der Waals surface area contributed by atoms with E-state index in [-0.39, 0.29) is 49.0 Å². The maximum absolute atomic E-state index is 7.50. The average Bonchev–Trinajstić information content (AvgIpc) is 2.85. The molecule has 0 heterocycles. The molecule has 194 valence electrons. The van der Waals surface area contributed by atoms with Gasteiger partial charge in [-0.3, -0.25) is 0 Å². The molecule has 0 atom stereocenters. The van der Waals surface area contributed by atoms with E-state index in [1.54, 1.807) is 22.3 Å². The van der Waals surface area contributed by atoms with Crippen LogP contribution in [0.4, 0.5) is 0 Å². The molecule has 0 spiro atoms. The smallest absolute Gasteiger partial charge is 0 e. The van der Waals surface area contributed by atoms with Crippen molar-refractivity contribution in [2.45, 2.75) is 68.2 Å². The molecular formula is C26H36Fe2O6-2. The van der Waals surface area contributed by atoms with Gasteiger partial charge in [0.25, 0.3) is 0 Å². The molecule has 6 nitrogen and oxygen atoms in total. The van der Waals surface area contributed by atoms with Crippen LogP contribution in [-0.2, 0) is 62.1 Å². The second kappa shape index (κ2) is 69.7. The standard InChI is InChI=1S/C10H16.C8H14.6CO.2CH3.2Fe/c1-7-5-9(3)10(4)6-8(7)2;1-5-7(3)8(4)6-2;6*1-2;;;;/h5-6H2,1-4H3;5-6H,1-4H3;;;;;;;2*1H3;;/q;;;;;;;;2*-1;;/b;7-5+,8-6+;;;;;;;;;;. The minimum Gasteiger partial charge on any atom is -0.358 e. The zero-order valence-electron chi connectivity index (χ0n) is 21.7. The first-order valence-electron chi connectivity index (χ1n) is 8.12. The summed E-state index contributed by atoms with van der Waals surface area (Å²) in [5, 5.41) is 0. The Kier molecular flexibility index (Phi) is 143. The average molecular weight is 556 g/mol. The van der Waals surface area contributed by atoms with Crippen LogP contribution in [0.3, 0.4) is 0 Å². The first-order valence-corrected chi connectivity index (χ1v) is 8.12. The van der Waals surface area contributed by atoms with E-state index in [1.807, 2.05) is 0 Å². The third kappa shape index (κ3) is 52.4. The van der Waals surface area contributed by atoms with Crippen LogP contribution in [0.1, 0.15) is 68.2 Å². The van der Waals surface area contributed by atoms with E-state index in [2.05, 4.69) is 107 Å². The van der Waals surface area contributed by atoms with Gasteiger partial charge in [-0.1, -0.05) is 45.6 Å². The molecule has 0 amide bonds. The maximum atomic E-state index is 7.50. The van der Waals surface area contributed by atoms with Crippen molar-refractivity contribution >= 4 is 0 Å². The van der Waals surface area contributed by atoms with Crippen LogP contribution < -0.4 is 0 Å². The monoisotopic (exact) mass is 556 g/mol. The second-order valence-electron chi connectivity index (χ2n) is 5.42. The number of hydrogen-bond donors (Lipinski definition) is 0. The summed E-state index contributed by atoms with van der Waals surface area (Å²) in [5.41, 5.74) is 9.03. The minimum atomic E-state index is 0. The quantitative estimate of drug-likeness (QED) is 0.108. The van der Waals surface area contributed by atoms with Crippen molar-refractivity contribution < 1.29 is 62.1 Å². The molecule has 1 aliphatic rings. The van der Waals surface area contributed by atoms with Gasteiger partial charge in [0.1, 0.15) is 0 Å². The molecule has 8 heteroatoms. The fourth-order valence-corrected chi connectivity index (χ4v) is 1.85. The van der Waals surface area contributed by atoms with Gasteiger partial charge >= 0.3 is 67.8 Å². The summed E-state index contributed by atoms with van der Waals surface area (Å²) in [6.45, 7) is 44.3. The molecule has 0 N–H and O–H groups in total. The van der Waals surface area contributed by atoms with Crippen molar-refractivity contribution in [2.75, 3.05) is 0 Å². The van der Waals surface area contributed by atoms with Gasteiger partial charge in [0, 0.05) is 34.1 Å². The molecule has 0 aromatic heterocycles. The van der Waals surface area contributed by atoms with Crippen molar-refractivity contribution in [3.05, 3.63) is 100 Å². The molecule has 0 bridgehead atoms. The van der Waals surface area contributed by atoms with E-state index in [0.717, 1.165) is 0 Å². The second-order valence-corrected chi connectivity index (χ2v) is 5.42. The van der Waals surface area contributed by atoms with Gasteiger partial charge in [0.2, 0.25) is 0 Å². The van der Waals surface area contributed by atoms with Crippen molar-refractivity contribution in [1.82, 2.24) is 0 Å². The molecule has 0 aromatic carbocycles. The molecule has 34 heavy (non-hydrogen) atoms. The fourth-order valence-electron chi connectivity index (χ4n) is 1.85. The molecule has 0 saturated heterocycles. The molecule has 0 radical (unpaired) electrons. The Hall–Kier alpha value is -1.56. The maximum Gasteiger partial charge on any atom is 0 e. The molecule has 0 saturated carbocycles. The fraction of sp³-hybridized carbons (Fsp3) is 0.385. The molecule has 0 unspecified atom stereocenters. The normalized spacial score (nSPS) is 9.76. The van der Waals surface area contributed by atoms with E-state index < -0.39 is 0 Å². The van der Waals surface area contributed by atoms with Gasteiger partial charge in [0.05, 0.1) is 0 Å². The summed E-state index contributed by atoms with van der Waals surface area (Å²) in [6, 6.07) is 0.